The van der Waals surface area contributed by atoms with Crippen LogP contribution in [0.3, 0.4) is 0 Å². The summed E-state index contributed by atoms with van der Waals surface area (Å²) >= 11 is 6.73. The van der Waals surface area contributed by atoms with E-state index in [4.69, 9.17) is 4.74 Å². The van der Waals surface area contributed by atoms with E-state index >= 15 is 0 Å². The lowest BCUT2D eigenvalue weighted by Crippen LogP contribution is -2.30. The number of halogens is 2. The molecule has 18 heavy (non-hydrogen) atoms. The number of carbonyl (C=O) groups excluding carboxylic acids is 1. The third-order valence-corrected chi connectivity index (χ3v) is 3.82. The van der Waals surface area contributed by atoms with E-state index in [0.29, 0.717) is 19.8 Å². The molecule has 100 valence electrons. The fourth-order valence-corrected chi connectivity index (χ4v) is 2.10. The molecular formula is C13H17Br2NO2. The number of benzene rings is 1. The van der Waals surface area contributed by atoms with E-state index in [-0.39, 0.29) is 5.91 Å². The Kier molecular flexibility index (Phi) is 6.89. The Labute approximate surface area is 125 Å². The molecule has 1 amide bonds. The molecule has 0 aromatic heterocycles. The number of hydrogen-bond acceptors (Lipinski definition) is 2. The zero-order valence-corrected chi connectivity index (χ0v) is 13.8. The van der Waals surface area contributed by atoms with Crippen LogP contribution < -0.4 is 0 Å². The zero-order chi connectivity index (χ0) is 13.5. The summed E-state index contributed by atoms with van der Waals surface area (Å²) in [4.78, 5) is 13.9. The smallest absolute Gasteiger partial charge is 0.253 e. The van der Waals surface area contributed by atoms with Gasteiger partial charge in [0.1, 0.15) is 0 Å². The number of rotatable bonds is 6. The van der Waals surface area contributed by atoms with Crippen LogP contribution in [0.25, 0.3) is 0 Å². The number of nitrogens with zero attached hydrogens (tertiary/aromatic N) is 1. The first-order chi connectivity index (χ1) is 8.57. The second-order valence-electron chi connectivity index (χ2n) is 3.94. The van der Waals surface area contributed by atoms with Crippen LogP contribution in [0.4, 0.5) is 0 Å². The zero-order valence-electron chi connectivity index (χ0n) is 10.6. The Morgan fingerprint density at radius 1 is 1.39 bits per heavy atom. The van der Waals surface area contributed by atoms with Crippen molar-refractivity contribution in [2.45, 2.75) is 6.92 Å². The minimum Gasteiger partial charge on any atom is -0.379 e. The number of hydrogen-bond donors (Lipinski definition) is 0. The van der Waals surface area contributed by atoms with Gasteiger partial charge in [-0.3, -0.25) is 4.79 Å². The summed E-state index contributed by atoms with van der Waals surface area (Å²) in [7, 11) is 1.79. The molecule has 0 N–H and O–H groups in total. The summed E-state index contributed by atoms with van der Waals surface area (Å²) in [5, 5.41) is 0.815. The van der Waals surface area contributed by atoms with Crippen LogP contribution in [0.1, 0.15) is 15.9 Å². The summed E-state index contributed by atoms with van der Waals surface area (Å²) in [6, 6.07) is 5.66. The topological polar surface area (TPSA) is 29.5 Å². The Morgan fingerprint density at radius 3 is 2.78 bits per heavy atom. The molecule has 0 spiro atoms. The molecule has 0 aliphatic carbocycles. The first-order valence-corrected chi connectivity index (χ1v) is 7.63. The highest BCUT2D eigenvalue weighted by Crippen LogP contribution is 2.20. The van der Waals surface area contributed by atoms with Gasteiger partial charge >= 0.3 is 0 Å². The molecule has 1 aromatic carbocycles. The highest BCUT2D eigenvalue weighted by molar-refractivity contribution is 9.10. The maximum Gasteiger partial charge on any atom is 0.253 e. The minimum atomic E-state index is 0.0243. The molecule has 0 bridgehead atoms. The number of amides is 1. The van der Waals surface area contributed by atoms with Gasteiger partial charge in [-0.05, 0) is 24.6 Å². The van der Waals surface area contributed by atoms with Gasteiger partial charge < -0.3 is 9.64 Å². The number of ether oxygens (including phenoxy) is 1. The first kappa shape index (κ1) is 15.7. The van der Waals surface area contributed by atoms with Crippen LogP contribution in [0, 0.1) is 6.92 Å². The molecule has 0 heterocycles. The van der Waals surface area contributed by atoms with Crippen molar-refractivity contribution < 1.29 is 9.53 Å². The summed E-state index contributed by atoms with van der Waals surface area (Å²) in [6.07, 6.45) is 0. The highest BCUT2D eigenvalue weighted by atomic mass is 79.9. The van der Waals surface area contributed by atoms with E-state index in [2.05, 4.69) is 31.9 Å². The molecule has 0 aliphatic rings. The lowest BCUT2D eigenvalue weighted by Gasteiger charge is -2.18. The SMILES string of the molecule is Cc1c(Br)cccc1C(=O)N(C)CCOCCBr. The van der Waals surface area contributed by atoms with Gasteiger partial charge in [-0.1, -0.05) is 37.9 Å². The monoisotopic (exact) mass is 377 g/mol. The second-order valence-corrected chi connectivity index (χ2v) is 5.59. The number of carbonyl (C=O) groups is 1. The molecule has 0 radical (unpaired) electrons. The summed E-state index contributed by atoms with van der Waals surface area (Å²) in [6.45, 7) is 3.75. The summed E-state index contributed by atoms with van der Waals surface area (Å²) in [5.41, 5.74) is 1.70. The average molecular weight is 379 g/mol. The second kappa shape index (κ2) is 7.92. The Bertz CT molecular complexity index is 410. The van der Waals surface area contributed by atoms with E-state index in [1.807, 2.05) is 25.1 Å². The van der Waals surface area contributed by atoms with Gasteiger partial charge in [0.2, 0.25) is 0 Å². The van der Waals surface area contributed by atoms with Crippen LogP contribution >= 0.6 is 31.9 Å². The van der Waals surface area contributed by atoms with E-state index < -0.39 is 0 Å². The quantitative estimate of drug-likeness (QED) is 0.561. The molecule has 0 aliphatic heterocycles. The lowest BCUT2D eigenvalue weighted by atomic mass is 10.1. The standard InChI is InChI=1S/C13H17Br2NO2/c1-10-11(4-3-5-12(10)15)13(17)16(2)7-9-18-8-6-14/h3-5H,6-9H2,1-2H3. The predicted octanol–water partition coefficient (Wildman–Crippen LogP) is 3.24. The van der Waals surface area contributed by atoms with Gasteiger partial charge in [0.05, 0.1) is 13.2 Å². The van der Waals surface area contributed by atoms with E-state index in [9.17, 15) is 4.79 Å². The first-order valence-electron chi connectivity index (χ1n) is 5.72. The summed E-state index contributed by atoms with van der Waals surface area (Å²) < 4.78 is 6.30. The maximum atomic E-state index is 12.2. The highest BCUT2D eigenvalue weighted by Gasteiger charge is 2.14. The van der Waals surface area contributed by atoms with Crippen molar-refractivity contribution in [2.24, 2.45) is 0 Å². The molecule has 1 rings (SSSR count). The van der Waals surface area contributed by atoms with Crippen molar-refractivity contribution in [3.63, 3.8) is 0 Å². The van der Waals surface area contributed by atoms with E-state index in [0.717, 1.165) is 20.9 Å². The molecule has 0 fully saturated rings. The van der Waals surface area contributed by atoms with Crippen molar-refractivity contribution in [1.29, 1.82) is 0 Å². The van der Waals surface area contributed by atoms with Gasteiger partial charge in [-0.2, -0.15) is 0 Å². The molecule has 0 saturated heterocycles. The molecule has 5 heteroatoms. The third kappa shape index (κ3) is 4.37. The maximum absolute atomic E-state index is 12.2. The summed E-state index contributed by atoms with van der Waals surface area (Å²) in [5.74, 6) is 0.0243. The average Bonchev–Trinajstić information content (AvgIpc) is 2.37. The van der Waals surface area contributed by atoms with Crippen molar-refractivity contribution in [3.8, 4) is 0 Å². The third-order valence-electron chi connectivity index (χ3n) is 2.64. The fraction of sp³-hybridized carbons (Fsp3) is 0.462. The lowest BCUT2D eigenvalue weighted by molar-refractivity contribution is 0.0712. The molecule has 3 nitrogen and oxygen atoms in total. The van der Waals surface area contributed by atoms with Crippen LogP contribution in [0.2, 0.25) is 0 Å². The van der Waals surface area contributed by atoms with Gasteiger partial charge in [0, 0.05) is 29.0 Å². The van der Waals surface area contributed by atoms with Crippen molar-refractivity contribution in [1.82, 2.24) is 4.90 Å². The van der Waals surface area contributed by atoms with Gasteiger partial charge in [0.25, 0.3) is 5.91 Å². The normalized spacial score (nSPS) is 10.4. The van der Waals surface area contributed by atoms with E-state index in [1.54, 1.807) is 11.9 Å². The molecular weight excluding hydrogens is 362 g/mol. The van der Waals surface area contributed by atoms with Gasteiger partial charge in [-0.15, -0.1) is 0 Å². The Balaban J connectivity index is 2.60. The van der Waals surface area contributed by atoms with Crippen LogP contribution in [0.15, 0.2) is 22.7 Å². The van der Waals surface area contributed by atoms with Crippen molar-refractivity contribution in [2.75, 3.05) is 32.1 Å². The fourth-order valence-electron chi connectivity index (χ4n) is 1.50. The Hall–Kier alpha value is -0.390. The molecule has 0 saturated carbocycles. The van der Waals surface area contributed by atoms with Crippen molar-refractivity contribution in [3.05, 3.63) is 33.8 Å². The molecule has 0 atom stereocenters. The Morgan fingerprint density at radius 2 is 2.11 bits per heavy atom. The van der Waals surface area contributed by atoms with E-state index in [1.165, 1.54) is 0 Å². The van der Waals surface area contributed by atoms with Crippen LogP contribution in [-0.4, -0.2) is 42.9 Å². The van der Waals surface area contributed by atoms with Gasteiger partial charge in [0.15, 0.2) is 0 Å². The molecule has 0 unspecified atom stereocenters. The molecule has 1 aromatic rings. The van der Waals surface area contributed by atoms with Crippen molar-refractivity contribution >= 4 is 37.8 Å². The van der Waals surface area contributed by atoms with Gasteiger partial charge in [-0.25, -0.2) is 0 Å². The van der Waals surface area contributed by atoms with Crippen LogP contribution in [0.5, 0.6) is 0 Å². The predicted molar refractivity (Wildman–Crippen MR) is 80.5 cm³/mol. The number of alkyl halides is 1. The minimum absolute atomic E-state index is 0.0243. The largest absolute Gasteiger partial charge is 0.379 e. The van der Waals surface area contributed by atoms with Crippen LogP contribution in [-0.2, 0) is 4.74 Å². The number of likely N-dealkylation sites (N-methyl/N-ethyl adjacent to an activating group) is 1.